The molecular weight excluding hydrogens is 488 g/mol. The van der Waals surface area contributed by atoms with Crippen LogP contribution in [0.3, 0.4) is 0 Å². The van der Waals surface area contributed by atoms with Crippen molar-refractivity contribution in [3.05, 3.63) is 9.47 Å². The van der Waals surface area contributed by atoms with E-state index in [2.05, 4.69) is 85.6 Å². The van der Waals surface area contributed by atoms with Crippen LogP contribution in [0.2, 0.25) is 18.1 Å². The van der Waals surface area contributed by atoms with Gasteiger partial charge in [-0.2, -0.15) is 0 Å². The van der Waals surface area contributed by atoms with Crippen LogP contribution in [0.25, 0.3) is 0 Å². The van der Waals surface area contributed by atoms with E-state index in [-0.39, 0.29) is 17.2 Å². The molecule has 0 aromatic heterocycles. The zero-order chi connectivity index (χ0) is 20.5. The van der Waals surface area contributed by atoms with Crippen LogP contribution in [0.1, 0.15) is 66.7 Å². The van der Waals surface area contributed by atoms with Crippen molar-refractivity contribution in [2.24, 2.45) is 11.8 Å². The van der Waals surface area contributed by atoms with Gasteiger partial charge in [0.15, 0.2) is 14.1 Å². The Hall–Kier alpha value is 0.797. The molecule has 2 heterocycles. The van der Waals surface area contributed by atoms with Gasteiger partial charge in [0.05, 0.1) is 22.2 Å². The molecule has 1 spiro atoms. The molecule has 6 heteroatoms. The van der Waals surface area contributed by atoms with Crippen LogP contribution in [0.5, 0.6) is 0 Å². The smallest absolute Gasteiger partial charge is 0.192 e. The first-order valence-corrected chi connectivity index (χ1v) is 14.9. The topological polar surface area (TPSA) is 27.7 Å². The predicted molar refractivity (Wildman–Crippen MR) is 123 cm³/mol. The highest BCUT2D eigenvalue weighted by Gasteiger charge is 2.47. The van der Waals surface area contributed by atoms with Crippen LogP contribution in [0.15, 0.2) is 9.47 Å². The Labute approximate surface area is 184 Å². The minimum Gasteiger partial charge on any atom is -0.414 e. The standard InChI is InChI=1S/C21H38Br2O3Si/c1-15-10-12-21(25-17(15)8-9-19(22)23)13-11-16(2)18(26-21)14-24-27(6,7)20(3,4)5/h9,15-18H,8,10-14H2,1-7H3/t15?,16-,17?,18-,21?/m0/s1. The van der Waals surface area contributed by atoms with Crippen molar-refractivity contribution >= 4 is 40.2 Å². The molecule has 0 radical (unpaired) electrons. The van der Waals surface area contributed by atoms with Crippen molar-refractivity contribution in [2.45, 2.75) is 103 Å². The van der Waals surface area contributed by atoms with E-state index < -0.39 is 14.1 Å². The minimum atomic E-state index is -1.77. The van der Waals surface area contributed by atoms with Crippen molar-refractivity contribution in [1.82, 2.24) is 0 Å². The van der Waals surface area contributed by atoms with Crippen LogP contribution in [-0.2, 0) is 13.9 Å². The molecular formula is C21H38Br2O3Si. The van der Waals surface area contributed by atoms with Crippen molar-refractivity contribution in [3.8, 4) is 0 Å². The molecule has 2 aliphatic heterocycles. The number of hydrogen-bond donors (Lipinski definition) is 0. The number of ether oxygens (including phenoxy) is 2. The summed E-state index contributed by atoms with van der Waals surface area (Å²) in [5, 5.41) is 0.222. The maximum Gasteiger partial charge on any atom is 0.192 e. The average Bonchev–Trinajstić information content (AvgIpc) is 2.56. The van der Waals surface area contributed by atoms with Crippen LogP contribution in [-0.4, -0.2) is 32.9 Å². The first-order chi connectivity index (χ1) is 12.4. The van der Waals surface area contributed by atoms with Gasteiger partial charge in [0, 0.05) is 12.8 Å². The Morgan fingerprint density at radius 1 is 1.07 bits per heavy atom. The highest BCUT2D eigenvalue weighted by Crippen LogP contribution is 2.44. The van der Waals surface area contributed by atoms with Gasteiger partial charge in [-0.3, -0.25) is 0 Å². The molecule has 3 unspecified atom stereocenters. The summed E-state index contributed by atoms with van der Waals surface area (Å²) in [5.74, 6) is 0.645. The summed E-state index contributed by atoms with van der Waals surface area (Å²) in [4.78, 5) is 0. The molecule has 5 atom stereocenters. The second-order valence-corrected chi connectivity index (χ2v) is 17.6. The van der Waals surface area contributed by atoms with Gasteiger partial charge in [-0.15, -0.1) is 0 Å². The summed E-state index contributed by atoms with van der Waals surface area (Å²) in [7, 11) is -1.77. The SMILES string of the molecule is CC1CCC2(CC[C@H](C)[C@H](CO[Si](C)(C)C(C)(C)C)O2)OC1CC=C(Br)Br. The lowest BCUT2D eigenvalue weighted by Crippen LogP contribution is -2.54. The second-order valence-electron chi connectivity index (χ2n) is 10.1. The van der Waals surface area contributed by atoms with E-state index in [4.69, 9.17) is 13.9 Å². The van der Waals surface area contributed by atoms with Gasteiger partial charge in [0.2, 0.25) is 0 Å². The van der Waals surface area contributed by atoms with Crippen LogP contribution < -0.4 is 0 Å². The number of hydrogen-bond acceptors (Lipinski definition) is 3. The fourth-order valence-electron chi connectivity index (χ4n) is 3.63. The molecule has 0 saturated carbocycles. The van der Waals surface area contributed by atoms with E-state index in [0.717, 1.165) is 35.5 Å². The van der Waals surface area contributed by atoms with E-state index in [0.29, 0.717) is 18.4 Å². The van der Waals surface area contributed by atoms with E-state index in [9.17, 15) is 0 Å². The van der Waals surface area contributed by atoms with E-state index in [1.165, 1.54) is 0 Å². The van der Waals surface area contributed by atoms with Gasteiger partial charge in [0.1, 0.15) is 0 Å². The molecule has 2 fully saturated rings. The Morgan fingerprint density at radius 3 is 2.11 bits per heavy atom. The summed E-state index contributed by atoms with van der Waals surface area (Å²) >= 11 is 6.92. The molecule has 27 heavy (non-hydrogen) atoms. The van der Waals surface area contributed by atoms with Gasteiger partial charge < -0.3 is 13.9 Å². The average molecular weight is 526 g/mol. The monoisotopic (exact) mass is 524 g/mol. The van der Waals surface area contributed by atoms with Gasteiger partial charge in [-0.05, 0) is 81.1 Å². The van der Waals surface area contributed by atoms with Gasteiger partial charge in [-0.25, -0.2) is 0 Å². The largest absolute Gasteiger partial charge is 0.414 e. The highest BCUT2D eigenvalue weighted by molar-refractivity contribution is 9.28. The summed E-state index contributed by atoms with van der Waals surface area (Å²) in [5.41, 5.74) is 0. The molecule has 2 saturated heterocycles. The zero-order valence-corrected chi connectivity index (χ0v) is 22.3. The molecule has 3 nitrogen and oxygen atoms in total. The third kappa shape index (κ3) is 6.39. The highest BCUT2D eigenvalue weighted by atomic mass is 79.9. The van der Waals surface area contributed by atoms with Crippen molar-refractivity contribution in [1.29, 1.82) is 0 Å². The van der Waals surface area contributed by atoms with Gasteiger partial charge >= 0.3 is 0 Å². The Kier molecular flexibility index (Phi) is 8.29. The van der Waals surface area contributed by atoms with Crippen molar-refractivity contribution < 1.29 is 13.9 Å². The normalized spacial score (nSPS) is 35.3. The Balaban J connectivity index is 2.03. The summed E-state index contributed by atoms with van der Waals surface area (Å²) in [6.07, 6.45) is 7.66. The van der Waals surface area contributed by atoms with Crippen LogP contribution in [0, 0.1) is 11.8 Å². The van der Waals surface area contributed by atoms with E-state index in [1.54, 1.807) is 0 Å². The molecule has 0 bridgehead atoms. The first kappa shape index (κ1) is 24.1. The quantitative estimate of drug-likeness (QED) is 0.351. The Bertz CT molecular complexity index is 524. The fraction of sp³-hybridized carbons (Fsp3) is 0.905. The summed E-state index contributed by atoms with van der Waals surface area (Å²) < 4.78 is 20.7. The van der Waals surface area contributed by atoms with Crippen LogP contribution in [0.4, 0.5) is 0 Å². The molecule has 158 valence electrons. The maximum atomic E-state index is 6.65. The third-order valence-corrected chi connectivity index (χ3v) is 12.0. The molecule has 2 aliphatic rings. The predicted octanol–water partition coefficient (Wildman–Crippen LogP) is 7.36. The molecule has 0 aromatic carbocycles. The molecule has 2 rings (SSSR count). The second kappa shape index (κ2) is 9.30. The molecule has 0 aromatic rings. The minimum absolute atomic E-state index is 0.125. The first-order valence-electron chi connectivity index (χ1n) is 10.4. The third-order valence-electron chi connectivity index (χ3n) is 6.88. The number of halogens is 2. The fourth-order valence-corrected chi connectivity index (χ4v) is 5.02. The van der Waals surface area contributed by atoms with Gasteiger partial charge in [-0.1, -0.05) is 40.7 Å². The van der Waals surface area contributed by atoms with Crippen molar-refractivity contribution in [3.63, 3.8) is 0 Å². The van der Waals surface area contributed by atoms with Crippen molar-refractivity contribution in [2.75, 3.05) is 6.61 Å². The summed E-state index contributed by atoms with van der Waals surface area (Å²) in [6.45, 7) is 16.8. The molecule has 0 aliphatic carbocycles. The number of rotatable bonds is 5. The molecule has 0 N–H and O–H groups in total. The Morgan fingerprint density at radius 2 is 1.59 bits per heavy atom. The van der Waals surface area contributed by atoms with E-state index >= 15 is 0 Å². The van der Waals surface area contributed by atoms with E-state index in [1.807, 2.05) is 0 Å². The summed E-state index contributed by atoms with van der Waals surface area (Å²) in [6, 6.07) is 0. The molecule has 0 amide bonds. The maximum absolute atomic E-state index is 6.65. The van der Waals surface area contributed by atoms with Gasteiger partial charge in [0.25, 0.3) is 0 Å². The zero-order valence-electron chi connectivity index (χ0n) is 18.1. The van der Waals surface area contributed by atoms with Crippen LogP contribution >= 0.6 is 31.9 Å². The lowest BCUT2D eigenvalue weighted by Gasteiger charge is -2.50. The lowest BCUT2D eigenvalue weighted by molar-refractivity contribution is -0.333. The lowest BCUT2D eigenvalue weighted by atomic mass is 9.84.